The molecule has 0 radical (unpaired) electrons. The van der Waals surface area contributed by atoms with Crippen LogP contribution in [0.25, 0.3) is 10.9 Å². The van der Waals surface area contributed by atoms with Crippen LogP contribution in [-0.4, -0.2) is 58.6 Å². The molecule has 31 heavy (non-hydrogen) atoms. The summed E-state index contributed by atoms with van der Waals surface area (Å²) < 4.78 is 11.1. The van der Waals surface area contributed by atoms with Crippen LogP contribution in [0.4, 0.5) is 0 Å². The minimum absolute atomic E-state index is 0.110. The zero-order valence-corrected chi connectivity index (χ0v) is 19.0. The second-order valence-corrected chi connectivity index (χ2v) is 8.48. The Morgan fingerprint density at radius 3 is 2.87 bits per heavy atom. The summed E-state index contributed by atoms with van der Waals surface area (Å²) in [6.07, 6.45) is 0.155. The van der Waals surface area contributed by atoms with E-state index in [0.717, 1.165) is 14.5 Å². The number of aromatic hydroxyl groups is 1. The molecule has 0 unspecified atom stereocenters. The average molecular weight is 535 g/mol. The van der Waals surface area contributed by atoms with Gasteiger partial charge >= 0.3 is 0 Å². The van der Waals surface area contributed by atoms with Gasteiger partial charge in [-0.05, 0) is 46.7 Å². The van der Waals surface area contributed by atoms with Gasteiger partial charge in [0.1, 0.15) is 5.69 Å². The lowest BCUT2D eigenvalue weighted by atomic mass is 10.00. The van der Waals surface area contributed by atoms with E-state index in [1.807, 2.05) is 24.3 Å². The molecule has 2 atom stereocenters. The molecule has 3 N–H and O–H groups in total. The van der Waals surface area contributed by atoms with E-state index in [1.54, 1.807) is 12.1 Å². The highest BCUT2D eigenvalue weighted by atomic mass is 127. The van der Waals surface area contributed by atoms with Gasteiger partial charge in [-0.3, -0.25) is 4.79 Å². The van der Waals surface area contributed by atoms with E-state index in [9.17, 15) is 15.0 Å². The van der Waals surface area contributed by atoms with Crippen LogP contribution in [0.15, 0.2) is 36.4 Å². The number of hydrogen-bond donors (Lipinski definition) is 3. The quantitative estimate of drug-likeness (QED) is 0.430. The highest BCUT2D eigenvalue weighted by Crippen LogP contribution is 2.30. The number of carbonyl (C=O) groups excluding carboxylic acids is 1. The number of carbonyl (C=O) groups is 1. The summed E-state index contributed by atoms with van der Waals surface area (Å²) in [5, 5.41) is 24.3. The third-order valence-electron chi connectivity index (χ3n) is 5.28. The van der Waals surface area contributed by atoms with E-state index in [2.05, 4.69) is 37.9 Å². The second-order valence-electron chi connectivity index (χ2n) is 7.32. The number of halogens is 1. The van der Waals surface area contributed by atoms with Crippen LogP contribution in [-0.2, 0) is 11.2 Å². The average Bonchev–Trinajstić information content (AvgIpc) is 2.77. The molecule has 0 saturated carbocycles. The molecule has 0 bridgehead atoms. The molecule has 1 aliphatic rings. The summed E-state index contributed by atoms with van der Waals surface area (Å²) in [7, 11) is 1.49. The smallest absolute Gasteiger partial charge is 0.270 e. The van der Waals surface area contributed by atoms with Crippen molar-refractivity contribution in [2.24, 2.45) is 0 Å². The fourth-order valence-corrected chi connectivity index (χ4v) is 4.31. The third kappa shape index (κ3) is 4.73. The number of benzene rings is 1. The number of hydrogen-bond acceptors (Lipinski definition) is 7. The number of methoxy groups -OCH3 is 1. The lowest BCUT2D eigenvalue weighted by molar-refractivity contribution is -0.0261. The molecule has 9 heteroatoms. The van der Waals surface area contributed by atoms with Gasteiger partial charge in [0, 0.05) is 33.6 Å². The number of aromatic nitrogens is 2. The zero-order valence-electron chi connectivity index (χ0n) is 16.8. The Bertz CT molecular complexity index is 1100. The summed E-state index contributed by atoms with van der Waals surface area (Å²) in [5.41, 5.74) is 2.41. The Morgan fingerprint density at radius 1 is 1.32 bits per heavy atom. The SMILES string of the molecule is COc1cc(I)c(Cc2cc(C(=O)N[C@H]3CCOC[C@@H]3O)nc3ccccc23)c(O)n1. The molecule has 1 aromatic carbocycles. The summed E-state index contributed by atoms with van der Waals surface area (Å²) in [4.78, 5) is 21.5. The molecule has 2 aromatic heterocycles. The lowest BCUT2D eigenvalue weighted by Gasteiger charge is -2.28. The second kappa shape index (κ2) is 9.33. The van der Waals surface area contributed by atoms with E-state index in [0.29, 0.717) is 36.4 Å². The minimum Gasteiger partial charge on any atom is -0.493 e. The van der Waals surface area contributed by atoms with Crippen molar-refractivity contribution in [2.75, 3.05) is 20.3 Å². The van der Waals surface area contributed by atoms with Crippen molar-refractivity contribution < 1.29 is 24.5 Å². The van der Waals surface area contributed by atoms with Crippen LogP contribution in [0.2, 0.25) is 0 Å². The van der Waals surface area contributed by atoms with Crippen molar-refractivity contribution in [3.05, 3.63) is 56.8 Å². The van der Waals surface area contributed by atoms with E-state index >= 15 is 0 Å². The molecule has 1 fully saturated rings. The summed E-state index contributed by atoms with van der Waals surface area (Å²) in [6, 6.07) is 10.6. The number of nitrogens with one attached hydrogen (secondary N) is 1. The van der Waals surface area contributed by atoms with Gasteiger partial charge in [0.2, 0.25) is 11.8 Å². The normalized spacial score (nSPS) is 18.7. The number of aliphatic hydroxyl groups is 1. The van der Waals surface area contributed by atoms with Crippen LogP contribution in [0.3, 0.4) is 0 Å². The van der Waals surface area contributed by atoms with Gasteiger partial charge in [-0.2, -0.15) is 4.98 Å². The number of aliphatic hydroxyl groups excluding tert-OH is 1. The maximum absolute atomic E-state index is 12.9. The number of ether oxygens (including phenoxy) is 2. The van der Waals surface area contributed by atoms with Crippen LogP contribution < -0.4 is 10.1 Å². The highest BCUT2D eigenvalue weighted by molar-refractivity contribution is 14.1. The van der Waals surface area contributed by atoms with Crippen LogP contribution in [0.1, 0.15) is 28.0 Å². The number of fused-ring (bicyclic) bond motifs is 1. The van der Waals surface area contributed by atoms with Gasteiger partial charge in [0.05, 0.1) is 31.4 Å². The molecule has 1 aliphatic heterocycles. The van der Waals surface area contributed by atoms with E-state index in [1.165, 1.54) is 7.11 Å². The van der Waals surface area contributed by atoms with Gasteiger partial charge in [-0.1, -0.05) is 18.2 Å². The minimum atomic E-state index is -0.749. The van der Waals surface area contributed by atoms with Gasteiger partial charge in [0.15, 0.2) is 0 Å². The third-order valence-corrected chi connectivity index (χ3v) is 6.24. The fourth-order valence-electron chi connectivity index (χ4n) is 3.61. The first-order valence-corrected chi connectivity index (χ1v) is 10.9. The highest BCUT2D eigenvalue weighted by Gasteiger charge is 2.26. The van der Waals surface area contributed by atoms with Crippen molar-refractivity contribution in [1.82, 2.24) is 15.3 Å². The van der Waals surface area contributed by atoms with Crippen LogP contribution in [0, 0.1) is 3.57 Å². The molecule has 162 valence electrons. The van der Waals surface area contributed by atoms with Gasteiger partial charge in [0.25, 0.3) is 5.91 Å². The van der Waals surface area contributed by atoms with Crippen LogP contribution in [0.5, 0.6) is 11.8 Å². The monoisotopic (exact) mass is 535 g/mol. The zero-order chi connectivity index (χ0) is 22.0. The molecule has 0 spiro atoms. The number of para-hydroxylation sites is 1. The molecule has 1 saturated heterocycles. The molecular weight excluding hydrogens is 513 g/mol. The molecular formula is C22H22IN3O5. The first-order valence-electron chi connectivity index (χ1n) is 9.84. The van der Waals surface area contributed by atoms with Crippen molar-refractivity contribution in [3.63, 3.8) is 0 Å². The van der Waals surface area contributed by atoms with Crippen molar-refractivity contribution >= 4 is 39.4 Å². The Hall–Kier alpha value is -2.50. The Balaban J connectivity index is 1.70. The molecule has 0 aliphatic carbocycles. The summed E-state index contributed by atoms with van der Waals surface area (Å²) in [5.74, 6) is -0.133. The Kier molecular flexibility index (Phi) is 6.54. The predicted molar refractivity (Wildman–Crippen MR) is 122 cm³/mol. The molecule has 1 amide bonds. The van der Waals surface area contributed by atoms with E-state index in [4.69, 9.17) is 9.47 Å². The first kappa shape index (κ1) is 21.7. The fraction of sp³-hybridized carbons (Fsp3) is 0.318. The topological polar surface area (TPSA) is 114 Å². The standard InChI is InChI=1S/C22H22IN3O5/c1-30-20-10-15(23)14(21(28)26-20)8-12-9-18(24-16-5-3-2-4-13(12)16)22(29)25-17-6-7-31-11-19(17)27/h2-5,9-10,17,19,27H,6-8,11H2,1H3,(H,25,29)(H,26,28)/t17-,19-/m0/s1. The van der Waals surface area contributed by atoms with Gasteiger partial charge < -0.3 is 25.0 Å². The Morgan fingerprint density at radius 2 is 2.13 bits per heavy atom. The molecule has 8 nitrogen and oxygen atoms in total. The Labute approximate surface area is 192 Å². The summed E-state index contributed by atoms with van der Waals surface area (Å²) >= 11 is 2.13. The van der Waals surface area contributed by atoms with Crippen molar-refractivity contribution in [1.29, 1.82) is 0 Å². The summed E-state index contributed by atoms with van der Waals surface area (Å²) in [6.45, 7) is 0.685. The van der Waals surface area contributed by atoms with Gasteiger partial charge in [-0.25, -0.2) is 4.98 Å². The number of rotatable bonds is 5. The predicted octanol–water partition coefficient (Wildman–Crippen LogP) is 2.42. The van der Waals surface area contributed by atoms with E-state index in [-0.39, 0.29) is 30.1 Å². The lowest BCUT2D eigenvalue weighted by Crippen LogP contribution is -2.48. The number of amides is 1. The molecule has 3 aromatic rings. The molecule has 3 heterocycles. The largest absolute Gasteiger partial charge is 0.493 e. The maximum atomic E-state index is 12.9. The number of nitrogens with zero attached hydrogens (tertiary/aromatic N) is 2. The molecule has 4 rings (SSSR count). The van der Waals surface area contributed by atoms with Crippen LogP contribution >= 0.6 is 22.6 Å². The van der Waals surface area contributed by atoms with Gasteiger partial charge in [-0.15, -0.1) is 0 Å². The van der Waals surface area contributed by atoms with Crippen molar-refractivity contribution in [3.8, 4) is 11.8 Å². The van der Waals surface area contributed by atoms with Crippen molar-refractivity contribution in [2.45, 2.75) is 25.0 Å². The first-order chi connectivity index (χ1) is 15.0. The van der Waals surface area contributed by atoms with E-state index < -0.39 is 6.10 Å². The maximum Gasteiger partial charge on any atom is 0.270 e. The number of pyridine rings is 2.